The molecule has 0 aliphatic rings. The number of hydrogen-bond acceptors (Lipinski definition) is 6. The van der Waals surface area contributed by atoms with Crippen molar-refractivity contribution in [3.8, 4) is 0 Å². The van der Waals surface area contributed by atoms with Crippen LogP contribution in [0.25, 0.3) is 0 Å². The van der Waals surface area contributed by atoms with Gasteiger partial charge in [0, 0.05) is 19.3 Å². The third-order valence-corrected chi connectivity index (χ3v) is 2.42. The van der Waals surface area contributed by atoms with Crippen LogP contribution in [0.15, 0.2) is 18.6 Å². The van der Waals surface area contributed by atoms with Gasteiger partial charge in [0.15, 0.2) is 0 Å². The quantitative estimate of drug-likeness (QED) is 0.641. The van der Waals surface area contributed by atoms with Crippen molar-refractivity contribution in [2.24, 2.45) is 7.05 Å². The van der Waals surface area contributed by atoms with Crippen molar-refractivity contribution in [1.29, 1.82) is 0 Å². The first-order valence-corrected chi connectivity index (χ1v) is 5.25. The van der Waals surface area contributed by atoms with Crippen LogP contribution in [0.2, 0.25) is 0 Å². The highest BCUT2D eigenvalue weighted by molar-refractivity contribution is 5.56. The van der Waals surface area contributed by atoms with E-state index in [0.29, 0.717) is 12.4 Å². The van der Waals surface area contributed by atoms with E-state index < -0.39 is 4.92 Å². The lowest BCUT2D eigenvalue weighted by Crippen LogP contribution is -2.09. The standard InChI is InChI=1S/C10H12N6O2/c1-7-3-8(16(17)18)10(11-4-7)12-5-9-13-6-14-15(9)2/h3-4,6H,5H2,1-2H3,(H,11,12). The molecular weight excluding hydrogens is 236 g/mol. The molecule has 1 N–H and O–H groups in total. The van der Waals surface area contributed by atoms with Crippen molar-refractivity contribution < 1.29 is 4.92 Å². The molecule has 8 heteroatoms. The van der Waals surface area contributed by atoms with Gasteiger partial charge in [-0.2, -0.15) is 5.10 Å². The Bertz CT molecular complexity index is 579. The molecule has 0 amide bonds. The largest absolute Gasteiger partial charge is 0.357 e. The summed E-state index contributed by atoms with van der Waals surface area (Å²) < 4.78 is 1.59. The van der Waals surface area contributed by atoms with Gasteiger partial charge in [0.1, 0.15) is 12.2 Å². The Labute approximate surface area is 103 Å². The molecular formula is C10H12N6O2. The average Bonchev–Trinajstić information content (AvgIpc) is 2.73. The number of anilines is 1. The number of nitrogens with one attached hydrogen (secondary N) is 1. The highest BCUT2D eigenvalue weighted by atomic mass is 16.6. The SMILES string of the molecule is Cc1cnc(NCc2ncnn2C)c([N+](=O)[O-])c1. The van der Waals surface area contributed by atoms with Crippen LogP contribution in [0.4, 0.5) is 11.5 Å². The van der Waals surface area contributed by atoms with Crippen LogP contribution in [0.5, 0.6) is 0 Å². The first kappa shape index (κ1) is 12.0. The normalized spacial score (nSPS) is 10.3. The molecule has 2 aromatic heterocycles. The number of aryl methyl sites for hydroxylation is 2. The van der Waals surface area contributed by atoms with E-state index in [-0.39, 0.29) is 11.5 Å². The third-order valence-electron chi connectivity index (χ3n) is 2.42. The molecule has 0 spiro atoms. The molecule has 0 aliphatic heterocycles. The fourth-order valence-corrected chi connectivity index (χ4v) is 1.47. The highest BCUT2D eigenvalue weighted by Crippen LogP contribution is 2.22. The van der Waals surface area contributed by atoms with E-state index in [9.17, 15) is 10.1 Å². The minimum absolute atomic E-state index is 0.0443. The topological polar surface area (TPSA) is 98.8 Å². The van der Waals surface area contributed by atoms with E-state index in [2.05, 4.69) is 20.4 Å². The van der Waals surface area contributed by atoms with Gasteiger partial charge in [-0.25, -0.2) is 9.97 Å². The first-order valence-electron chi connectivity index (χ1n) is 5.25. The zero-order chi connectivity index (χ0) is 13.1. The molecule has 0 saturated carbocycles. The summed E-state index contributed by atoms with van der Waals surface area (Å²) in [4.78, 5) is 18.5. The maximum Gasteiger partial charge on any atom is 0.311 e. The second-order valence-corrected chi connectivity index (χ2v) is 3.79. The first-order chi connectivity index (χ1) is 8.58. The number of hydrogen-bond donors (Lipinski definition) is 1. The fourth-order valence-electron chi connectivity index (χ4n) is 1.47. The van der Waals surface area contributed by atoms with Gasteiger partial charge in [-0.3, -0.25) is 14.8 Å². The molecule has 8 nitrogen and oxygen atoms in total. The number of rotatable bonds is 4. The van der Waals surface area contributed by atoms with Gasteiger partial charge in [0.05, 0.1) is 11.5 Å². The lowest BCUT2D eigenvalue weighted by atomic mass is 10.3. The number of aromatic nitrogens is 4. The van der Waals surface area contributed by atoms with E-state index in [1.165, 1.54) is 12.4 Å². The van der Waals surface area contributed by atoms with Gasteiger partial charge < -0.3 is 5.32 Å². The summed E-state index contributed by atoms with van der Waals surface area (Å²) >= 11 is 0. The van der Waals surface area contributed by atoms with Crippen molar-refractivity contribution in [2.45, 2.75) is 13.5 Å². The Kier molecular flexibility index (Phi) is 3.18. The molecule has 0 unspecified atom stereocenters. The summed E-state index contributed by atoms with van der Waals surface area (Å²) in [5.41, 5.74) is 0.697. The Hall–Kier alpha value is -2.51. The molecule has 2 heterocycles. The van der Waals surface area contributed by atoms with Crippen molar-refractivity contribution in [3.63, 3.8) is 0 Å². The zero-order valence-corrected chi connectivity index (χ0v) is 9.99. The van der Waals surface area contributed by atoms with E-state index >= 15 is 0 Å². The van der Waals surface area contributed by atoms with Crippen molar-refractivity contribution >= 4 is 11.5 Å². The summed E-state index contributed by atoms with van der Waals surface area (Å²) in [6.45, 7) is 2.08. The Morgan fingerprint density at radius 3 is 2.89 bits per heavy atom. The molecule has 94 valence electrons. The van der Waals surface area contributed by atoms with Crippen LogP contribution in [0.1, 0.15) is 11.4 Å². The van der Waals surface area contributed by atoms with Crippen LogP contribution in [-0.4, -0.2) is 24.7 Å². The summed E-state index contributed by atoms with van der Waals surface area (Å²) in [5, 5.41) is 17.7. The minimum Gasteiger partial charge on any atom is -0.357 e. The van der Waals surface area contributed by atoms with E-state index in [1.807, 2.05) is 0 Å². The molecule has 0 atom stereocenters. The van der Waals surface area contributed by atoms with Gasteiger partial charge >= 0.3 is 5.69 Å². The summed E-state index contributed by atoms with van der Waals surface area (Å²) in [6.07, 6.45) is 3.00. The summed E-state index contributed by atoms with van der Waals surface area (Å²) in [5.74, 6) is 0.903. The van der Waals surface area contributed by atoms with Gasteiger partial charge in [0.25, 0.3) is 0 Å². The van der Waals surface area contributed by atoms with Gasteiger partial charge in [-0.15, -0.1) is 0 Å². The monoisotopic (exact) mass is 248 g/mol. The third kappa shape index (κ3) is 2.42. The lowest BCUT2D eigenvalue weighted by molar-refractivity contribution is -0.384. The second kappa shape index (κ2) is 4.78. The van der Waals surface area contributed by atoms with E-state index in [1.54, 1.807) is 24.9 Å². The molecule has 0 fully saturated rings. The highest BCUT2D eigenvalue weighted by Gasteiger charge is 2.15. The van der Waals surface area contributed by atoms with Crippen LogP contribution in [0, 0.1) is 17.0 Å². The van der Waals surface area contributed by atoms with Crippen molar-refractivity contribution in [1.82, 2.24) is 19.7 Å². The maximum atomic E-state index is 10.9. The molecule has 2 aromatic rings. The number of pyridine rings is 1. The molecule has 0 saturated heterocycles. The molecule has 2 rings (SSSR count). The minimum atomic E-state index is -0.459. The van der Waals surface area contributed by atoms with Gasteiger partial charge in [-0.05, 0) is 12.5 Å². The average molecular weight is 248 g/mol. The van der Waals surface area contributed by atoms with Crippen LogP contribution < -0.4 is 5.32 Å². The predicted molar refractivity (Wildman–Crippen MR) is 64.0 cm³/mol. The molecule has 0 bridgehead atoms. The second-order valence-electron chi connectivity index (χ2n) is 3.79. The number of nitrogens with zero attached hydrogens (tertiary/aromatic N) is 5. The smallest absolute Gasteiger partial charge is 0.311 e. The predicted octanol–water partition coefficient (Wildman–Crippen LogP) is 1.04. The Balaban J connectivity index is 2.19. The molecule has 0 aromatic carbocycles. The molecule has 0 radical (unpaired) electrons. The Morgan fingerprint density at radius 2 is 2.28 bits per heavy atom. The summed E-state index contributed by atoms with van der Waals surface area (Å²) in [7, 11) is 1.75. The maximum absolute atomic E-state index is 10.9. The van der Waals surface area contributed by atoms with Gasteiger partial charge in [0.2, 0.25) is 5.82 Å². The Morgan fingerprint density at radius 1 is 1.50 bits per heavy atom. The molecule has 18 heavy (non-hydrogen) atoms. The van der Waals surface area contributed by atoms with E-state index in [0.717, 1.165) is 5.56 Å². The van der Waals surface area contributed by atoms with Crippen molar-refractivity contribution in [3.05, 3.63) is 40.1 Å². The van der Waals surface area contributed by atoms with E-state index in [4.69, 9.17) is 0 Å². The lowest BCUT2D eigenvalue weighted by Gasteiger charge is -2.05. The van der Waals surface area contributed by atoms with Crippen LogP contribution >= 0.6 is 0 Å². The molecule has 0 aliphatic carbocycles. The summed E-state index contributed by atoms with van der Waals surface area (Å²) in [6, 6.07) is 1.48. The van der Waals surface area contributed by atoms with Gasteiger partial charge in [-0.1, -0.05) is 0 Å². The van der Waals surface area contributed by atoms with Crippen molar-refractivity contribution in [2.75, 3.05) is 5.32 Å². The zero-order valence-electron chi connectivity index (χ0n) is 9.99. The van der Waals surface area contributed by atoms with Crippen LogP contribution in [0.3, 0.4) is 0 Å². The number of nitro groups is 1. The fraction of sp³-hybridized carbons (Fsp3) is 0.300. The van der Waals surface area contributed by atoms with Crippen LogP contribution in [-0.2, 0) is 13.6 Å².